The Hall–Kier alpha value is -3.29. The smallest absolute Gasteiger partial charge is 0.410 e. The number of hydrogen-bond acceptors (Lipinski definition) is 5. The lowest BCUT2D eigenvalue weighted by Crippen LogP contribution is -2.49. The van der Waals surface area contributed by atoms with E-state index in [-0.39, 0.29) is 5.91 Å². The Morgan fingerprint density at radius 3 is 2.56 bits per heavy atom. The van der Waals surface area contributed by atoms with Crippen molar-refractivity contribution in [2.45, 2.75) is 57.6 Å². The van der Waals surface area contributed by atoms with Crippen LogP contribution in [0.15, 0.2) is 36.9 Å². The van der Waals surface area contributed by atoms with Gasteiger partial charge in [0.25, 0.3) is 0 Å². The van der Waals surface area contributed by atoms with Crippen molar-refractivity contribution in [3.05, 3.63) is 53.7 Å². The number of benzene rings is 1. The lowest BCUT2D eigenvalue weighted by molar-refractivity contribution is -0.127. The van der Waals surface area contributed by atoms with E-state index in [1.165, 1.54) is 24.5 Å². The fourth-order valence-corrected chi connectivity index (χ4v) is 4.79. The van der Waals surface area contributed by atoms with Crippen LogP contribution in [-0.2, 0) is 16.0 Å². The highest BCUT2D eigenvalue weighted by Crippen LogP contribution is 2.42. The van der Waals surface area contributed by atoms with Crippen molar-refractivity contribution in [1.82, 2.24) is 19.6 Å². The molecule has 0 radical (unpaired) electrons. The maximum absolute atomic E-state index is 13.2. The summed E-state index contributed by atoms with van der Waals surface area (Å²) in [5, 5.41) is 4.82. The summed E-state index contributed by atoms with van der Waals surface area (Å²) in [4.78, 5) is 29.1. The summed E-state index contributed by atoms with van der Waals surface area (Å²) in [5.41, 5.74) is 3.57. The molecule has 0 bridgehead atoms. The maximum atomic E-state index is 13.2. The third-order valence-corrected chi connectivity index (χ3v) is 6.58. The lowest BCUT2D eigenvalue weighted by Gasteiger charge is -2.40. The third-order valence-electron chi connectivity index (χ3n) is 6.58. The van der Waals surface area contributed by atoms with Gasteiger partial charge in [-0.15, -0.1) is 5.10 Å². The van der Waals surface area contributed by atoms with Crippen molar-refractivity contribution < 1.29 is 19.1 Å². The topological polar surface area (TPSA) is 76.9 Å². The van der Waals surface area contributed by atoms with E-state index in [4.69, 9.17) is 14.6 Å². The Morgan fingerprint density at radius 2 is 1.91 bits per heavy atom. The summed E-state index contributed by atoms with van der Waals surface area (Å²) < 4.78 is 13.7. The quantitative estimate of drug-likeness (QED) is 0.642. The van der Waals surface area contributed by atoms with E-state index in [0.717, 1.165) is 16.9 Å². The van der Waals surface area contributed by atoms with Gasteiger partial charge in [0.15, 0.2) is 0 Å². The number of carbonyl (C=O) groups is 2. The van der Waals surface area contributed by atoms with Gasteiger partial charge in [-0.25, -0.2) is 9.48 Å². The van der Waals surface area contributed by atoms with Crippen LogP contribution in [0.5, 0.6) is 5.88 Å². The minimum Gasteiger partial charge on any atom is -0.474 e. The molecule has 2 amide bonds. The lowest BCUT2D eigenvalue weighted by atomic mass is 9.97. The summed E-state index contributed by atoms with van der Waals surface area (Å²) in [6, 6.07) is 8.15. The first-order valence-electron chi connectivity index (χ1n) is 12.0. The highest BCUT2D eigenvalue weighted by Gasteiger charge is 2.41. The molecular formula is C26H32N4O4. The van der Waals surface area contributed by atoms with E-state index in [9.17, 15) is 9.59 Å². The summed E-state index contributed by atoms with van der Waals surface area (Å²) >= 11 is 0. The van der Waals surface area contributed by atoms with E-state index in [1.807, 2.05) is 25.5 Å². The van der Waals surface area contributed by atoms with Gasteiger partial charge < -0.3 is 14.4 Å². The summed E-state index contributed by atoms with van der Waals surface area (Å²) in [6.07, 6.45) is 4.03. The van der Waals surface area contributed by atoms with E-state index >= 15 is 0 Å². The second kappa shape index (κ2) is 8.49. The summed E-state index contributed by atoms with van der Waals surface area (Å²) in [7, 11) is 0. The molecule has 2 aromatic rings. The number of rotatable bonds is 3. The van der Waals surface area contributed by atoms with Crippen LogP contribution in [0.3, 0.4) is 0 Å². The Morgan fingerprint density at radius 1 is 1.18 bits per heavy atom. The molecule has 180 valence electrons. The predicted octanol–water partition coefficient (Wildman–Crippen LogP) is 3.99. The fraction of sp³-hybridized carbons (Fsp3) is 0.500. The zero-order valence-corrected chi connectivity index (χ0v) is 20.1. The Labute approximate surface area is 200 Å². The molecule has 1 aromatic carbocycles. The molecule has 0 saturated heterocycles. The molecule has 1 saturated carbocycles. The van der Waals surface area contributed by atoms with Crippen molar-refractivity contribution in [3.8, 4) is 11.6 Å². The van der Waals surface area contributed by atoms with Gasteiger partial charge in [-0.05, 0) is 63.3 Å². The first kappa shape index (κ1) is 22.5. The molecule has 0 spiro atoms. The molecule has 3 heterocycles. The van der Waals surface area contributed by atoms with Crippen molar-refractivity contribution in [2.24, 2.45) is 0 Å². The molecule has 8 heteroatoms. The normalized spacial score (nSPS) is 20.0. The molecule has 1 unspecified atom stereocenters. The third kappa shape index (κ3) is 4.29. The highest BCUT2D eigenvalue weighted by molar-refractivity contribution is 5.87. The standard InChI is InChI=1S/C26H32N4O4/c1-5-22(31)28-14-15-33-24-23-20(12-13-29(21(23)16-28)25(32)34-26(2,3)4)30(27-24)19-10-8-18(9-11-19)17-6-7-17/h5,8-11,17,21H,1,6-7,12-16H2,2-4H3. The minimum atomic E-state index is -0.623. The molecule has 0 N–H and O–H groups in total. The van der Waals surface area contributed by atoms with Gasteiger partial charge in [-0.2, -0.15) is 0 Å². The van der Waals surface area contributed by atoms with E-state index < -0.39 is 17.7 Å². The average molecular weight is 465 g/mol. The monoisotopic (exact) mass is 464 g/mol. The average Bonchev–Trinajstić information content (AvgIpc) is 3.57. The maximum Gasteiger partial charge on any atom is 0.410 e. The van der Waals surface area contributed by atoms with Gasteiger partial charge in [0, 0.05) is 19.5 Å². The van der Waals surface area contributed by atoms with Gasteiger partial charge >= 0.3 is 6.09 Å². The van der Waals surface area contributed by atoms with Crippen LogP contribution in [0.2, 0.25) is 0 Å². The zero-order chi connectivity index (χ0) is 24.0. The Balaban J connectivity index is 1.55. The molecule has 1 fully saturated rings. The number of hydrogen-bond donors (Lipinski definition) is 0. The second-order valence-corrected chi connectivity index (χ2v) is 10.2. The summed E-state index contributed by atoms with van der Waals surface area (Å²) in [6.45, 7) is 10.7. The van der Waals surface area contributed by atoms with E-state index in [2.05, 4.69) is 30.8 Å². The molecule has 8 nitrogen and oxygen atoms in total. The Bertz CT molecular complexity index is 1110. The molecule has 34 heavy (non-hydrogen) atoms. The number of carbonyl (C=O) groups excluding carboxylic acids is 2. The first-order chi connectivity index (χ1) is 16.2. The Kier molecular flexibility index (Phi) is 5.62. The van der Waals surface area contributed by atoms with Crippen molar-refractivity contribution in [1.29, 1.82) is 0 Å². The fourth-order valence-electron chi connectivity index (χ4n) is 4.79. The largest absolute Gasteiger partial charge is 0.474 e. The molecule has 1 atom stereocenters. The van der Waals surface area contributed by atoms with Gasteiger partial charge in [-0.1, -0.05) is 18.7 Å². The van der Waals surface area contributed by atoms with Crippen LogP contribution in [0.4, 0.5) is 4.79 Å². The number of ether oxygens (including phenoxy) is 2. The number of nitrogens with zero attached hydrogens (tertiary/aromatic N) is 4. The first-order valence-corrected chi connectivity index (χ1v) is 12.0. The zero-order valence-electron chi connectivity index (χ0n) is 20.1. The van der Waals surface area contributed by atoms with Crippen LogP contribution >= 0.6 is 0 Å². The second-order valence-electron chi connectivity index (χ2n) is 10.2. The molecule has 5 rings (SSSR count). The van der Waals surface area contributed by atoms with Crippen LogP contribution in [-0.4, -0.2) is 63.4 Å². The molecule has 1 aromatic heterocycles. The molecule has 3 aliphatic rings. The van der Waals surface area contributed by atoms with Crippen LogP contribution < -0.4 is 4.74 Å². The van der Waals surface area contributed by atoms with Crippen LogP contribution in [0, 0.1) is 0 Å². The number of aromatic nitrogens is 2. The van der Waals surface area contributed by atoms with E-state index in [0.29, 0.717) is 44.5 Å². The number of amides is 2. The predicted molar refractivity (Wildman–Crippen MR) is 127 cm³/mol. The van der Waals surface area contributed by atoms with Crippen LogP contribution in [0.1, 0.15) is 62.4 Å². The van der Waals surface area contributed by atoms with Crippen molar-refractivity contribution in [2.75, 3.05) is 26.2 Å². The van der Waals surface area contributed by atoms with Gasteiger partial charge in [0.1, 0.15) is 12.2 Å². The minimum absolute atomic E-state index is 0.189. The van der Waals surface area contributed by atoms with Crippen LogP contribution in [0.25, 0.3) is 5.69 Å². The molecule has 1 aliphatic carbocycles. The van der Waals surface area contributed by atoms with Crippen molar-refractivity contribution in [3.63, 3.8) is 0 Å². The van der Waals surface area contributed by atoms with Gasteiger partial charge in [0.2, 0.25) is 11.8 Å². The van der Waals surface area contributed by atoms with Gasteiger partial charge in [-0.3, -0.25) is 9.69 Å². The molecular weight excluding hydrogens is 432 g/mol. The van der Waals surface area contributed by atoms with Crippen molar-refractivity contribution >= 4 is 12.0 Å². The summed E-state index contributed by atoms with van der Waals surface area (Å²) in [5.74, 6) is 1.02. The highest BCUT2D eigenvalue weighted by atomic mass is 16.6. The SMILES string of the molecule is C=CC(=O)N1CCOc2nn(-c3ccc(C4CC4)cc3)c3c2C(C1)N(C(=O)OC(C)(C)C)CC3. The molecule has 2 aliphatic heterocycles. The van der Waals surface area contributed by atoms with E-state index in [1.54, 1.807) is 9.80 Å². The van der Waals surface area contributed by atoms with Gasteiger partial charge in [0.05, 0.1) is 29.5 Å².